The number of hydrogen-bond donors (Lipinski definition) is 2. The molecule has 1 saturated heterocycles. The number of nitrogens with zero attached hydrogens (tertiary/aromatic N) is 1. The SMILES string of the molecule is C=C(C1CCN(C(C)=O)CC1)C(O)C(NC=O)C(=O)OCC. The van der Waals surface area contributed by atoms with Crippen LogP contribution < -0.4 is 5.32 Å². The van der Waals surface area contributed by atoms with Gasteiger partial charge in [-0.3, -0.25) is 9.59 Å². The summed E-state index contributed by atoms with van der Waals surface area (Å²) in [7, 11) is 0. The molecule has 0 radical (unpaired) electrons. The molecule has 1 aliphatic heterocycles. The van der Waals surface area contributed by atoms with Crippen LogP contribution in [-0.2, 0) is 19.1 Å². The Bertz CT molecular complexity index is 430. The number of rotatable bonds is 7. The summed E-state index contributed by atoms with van der Waals surface area (Å²) in [5.74, 6) is -0.669. The molecule has 7 nitrogen and oxygen atoms in total. The lowest BCUT2D eigenvalue weighted by Crippen LogP contribution is -2.49. The van der Waals surface area contributed by atoms with Crippen molar-refractivity contribution < 1.29 is 24.2 Å². The second-order valence-corrected chi connectivity index (χ2v) is 5.31. The van der Waals surface area contributed by atoms with Crippen LogP contribution in [0.3, 0.4) is 0 Å². The fourth-order valence-electron chi connectivity index (χ4n) is 2.61. The average Bonchev–Trinajstić information content (AvgIpc) is 2.51. The Morgan fingerprint density at radius 1 is 1.45 bits per heavy atom. The first-order chi connectivity index (χ1) is 10.4. The predicted octanol–water partition coefficient (Wildman–Crippen LogP) is -0.160. The Morgan fingerprint density at radius 2 is 2.05 bits per heavy atom. The van der Waals surface area contributed by atoms with Crippen LogP contribution in [0, 0.1) is 5.92 Å². The predicted molar refractivity (Wildman–Crippen MR) is 79.7 cm³/mol. The van der Waals surface area contributed by atoms with Crippen molar-refractivity contribution in [2.24, 2.45) is 5.92 Å². The molecule has 0 saturated carbocycles. The Hall–Kier alpha value is -1.89. The lowest BCUT2D eigenvalue weighted by atomic mass is 9.85. The van der Waals surface area contributed by atoms with Crippen molar-refractivity contribution in [3.05, 3.63) is 12.2 Å². The van der Waals surface area contributed by atoms with E-state index in [0.29, 0.717) is 37.9 Å². The molecule has 2 atom stereocenters. The summed E-state index contributed by atoms with van der Waals surface area (Å²) >= 11 is 0. The van der Waals surface area contributed by atoms with Crippen molar-refractivity contribution in [2.75, 3.05) is 19.7 Å². The Morgan fingerprint density at radius 3 is 2.50 bits per heavy atom. The number of carbonyl (C=O) groups excluding carboxylic acids is 3. The Balaban J connectivity index is 2.67. The number of aliphatic hydroxyl groups excluding tert-OH is 1. The maximum atomic E-state index is 11.8. The summed E-state index contributed by atoms with van der Waals surface area (Å²) < 4.78 is 4.85. The van der Waals surface area contributed by atoms with E-state index >= 15 is 0 Å². The molecule has 0 spiro atoms. The van der Waals surface area contributed by atoms with Crippen LogP contribution in [-0.4, -0.2) is 60.1 Å². The van der Waals surface area contributed by atoms with E-state index in [-0.39, 0.29) is 18.4 Å². The standard InChI is InChI=1S/C15H24N2O5/c1-4-22-15(21)13(16-9-18)14(20)10(2)12-5-7-17(8-6-12)11(3)19/h9,12-14,20H,2,4-8H2,1,3H3,(H,16,18). The van der Waals surface area contributed by atoms with Gasteiger partial charge in [-0.05, 0) is 31.3 Å². The molecule has 0 aromatic rings. The third-order valence-corrected chi connectivity index (χ3v) is 3.95. The number of ether oxygens (including phenoxy) is 1. The molecule has 2 unspecified atom stereocenters. The Kier molecular flexibility index (Phi) is 7.04. The van der Waals surface area contributed by atoms with E-state index in [1.807, 2.05) is 0 Å². The van der Waals surface area contributed by atoms with Crippen molar-refractivity contribution in [1.29, 1.82) is 0 Å². The normalized spacial score (nSPS) is 18.2. The number of aliphatic hydroxyl groups is 1. The van der Waals surface area contributed by atoms with Gasteiger partial charge < -0.3 is 20.1 Å². The van der Waals surface area contributed by atoms with E-state index in [1.54, 1.807) is 11.8 Å². The number of likely N-dealkylation sites (tertiary alicyclic amines) is 1. The van der Waals surface area contributed by atoms with Gasteiger partial charge in [-0.15, -0.1) is 0 Å². The maximum Gasteiger partial charge on any atom is 0.331 e. The van der Waals surface area contributed by atoms with Crippen LogP contribution >= 0.6 is 0 Å². The van der Waals surface area contributed by atoms with Gasteiger partial charge in [0.05, 0.1) is 6.61 Å². The molecule has 1 fully saturated rings. The van der Waals surface area contributed by atoms with E-state index in [0.717, 1.165) is 0 Å². The molecule has 0 aromatic carbocycles. The van der Waals surface area contributed by atoms with Gasteiger partial charge in [-0.1, -0.05) is 6.58 Å². The molecule has 22 heavy (non-hydrogen) atoms. The average molecular weight is 312 g/mol. The highest BCUT2D eigenvalue weighted by atomic mass is 16.5. The monoisotopic (exact) mass is 312 g/mol. The molecular formula is C15H24N2O5. The Labute approximate surface area is 130 Å². The third kappa shape index (κ3) is 4.56. The highest BCUT2D eigenvalue weighted by Crippen LogP contribution is 2.27. The zero-order valence-electron chi connectivity index (χ0n) is 13.1. The summed E-state index contributed by atoms with van der Waals surface area (Å²) in [6.07, 6.45) is 0.493. The van der Waals surface area contributed by atoms with Crippen LogP contribution in [0.4, 0.5) is 0 Å². The molecule has 1 aliphatic rings. The summed E-state index contributed by atoms with van der Waals surface area (Å²) in [6, 6.07) is -1.16. The quantitative estimate of drug-likeness (QED) is 0.387. The minimum absolute atomic E-state index is 0.00372. The second kappa shape index (κ2) is 8.53. The first-order valence-electron chi connectivity index (χ1n) is 7.40. The lowest BCUT2D eigenvalue weighted by Gasteiger charge is -2.34. The summed E-state index contributed by atoms with van der Waals surface area (Å²) in [4.78, 5) is 35.5. The summed E-state index contributed by atoms with van der Waals surface area (Å²) in [5.41, 5.74) is 0.482. The number of hydrogen-bond acceptors (Lipinski definition) is 5. The van der Waals surface area contributed by atoms with E-state index in [1.165, 1.54) is 6.92 Å². The first-order valence-corrected chi connectivity index (χ1v) is 7.40. The molecule has 0 bridgehead atoms. The van der Waals surface area contributed by atoms with Gasteiger partial charge in [0.2, 0.25) is 12.3 Å². The molecule has 7 heteroatoms. The maximum absolute atomic E-state index is 11.8. The lowest BCUT2D eigenvalue weighted by molar-refractivity contribution is -0.149. The van der Waals surface area contributed by atoms with E-state index < -0.39 is 18.1 Å². The molecule has 0 aliphatic carbocycles. The number of amides is 2. The van der Waals surface area contributed by atoms with Crippen molar-refractivity contribution >= 4 is 18.3 Å². The molecule has 2 amide bonds. The zero-order valence-corrected chi connectivity index (χ0v) is 13.1. The van der Waals surface area contributed by atoms with Gasteiger partial charge in [0.15, 0.2) is 6.04 Å². The van der Waals surface area contributed by atoms with Gasteiger partial charge in [-0.25, -0.2) is 4.79 Å². The zero-order chi connectivity index (χ0) is 16.7. The summed E-state index contributed by atoms with van der Waals surface area (Å²) in [6.45, 7) is 8.39. The number of nitrogens with one attached hydrogen (secondary N) is 1. The van der Waals surface area contributed by atoms with Crippen LogP contribution in [0.25, 0.3) is 0 Å². The highest BCUT2D eigenvalue weighted by molar-refractivity contribution is 5.79. The number of esters is 1. The second-order valence-electron chi connectivity index (χ2n) is 5.31. The van der Waals surface area contributed by atoms with E-state index in [2.05, 4.69) is 11.9 Å². The van der Waals surface area contributed by atoms with Crippen LogP contribution in [0.15, 0.2) is 12.2 Å². The topological polar surface area (TPSA) is 95.9 Å². The van der Waals surface area contributed by atoms with Crippen molar-refractivity contribution in [3.63, 3.8) is 0 Å². The summed E-state index contributed by atoms with van der Waals surface area (Å²) in [5, 5.41) is 12.6. The minimum atomic E-state index is -1.21. The largest absolute Gasteiger partial charge is 0.464 e. The van der Waals surface area contributed by atoms with Gasteiger partial charge in [0, 0.05) is 20.0 Å². The van der Waals surface area contributed by atoms with Crippen LogP contribution in [0.2, 0.25) is 0 Å². The minimum Gasteiger partial charge on any atom is -0.464 e. The molecule has 1 rings (SSSR count). The fraction of sp³-hybridized carbons (Fsp3) is 0.667. The highest BCUT2D eigenvalue weighted by Gasteiger charge is 2.34. The molecular weight excluding hydrogens is 288 g/mol. The smallest absolute Gasteiger partial charge is 0.331 e. The number of piperidine rings is 1. The van der Waals surface area contributed by atoms with Crippen LogP contribution in [0.5, 0.6) is 0 Å². The van der Waals surface area contributed by atoms with Crippen LogP contribution in [0.1, 0.15) is 26.7 Å². The molecule has 124 valence electrons. The molecule has 0 aromatic heterocycles. The molecule has 2 N–H and O–H groups in total. The van der Waals surface area contributed by atoms with Gasteiger partial charge in [0.1, 0.15) is 6.10 Å². The fourth-order valence-corrected chi connectivity index (χ4v) is 2.61. The number of carbonyl (C=O) groups is 3. The van der Waals surface area contributed by atoms with E-state index in [9.17, 15) is 19.5 Å². The van der Waals surface area contributed by atoms with Gasteiger partial charge in [0.25, 0.3) is 0 Å². The van der Waals surface area contributed by atoms with Crippen molar-refractivity contribution in [1.82, 2.24) is 10.2 Å². The van der Waals surface area contributed by atoms with Crippen molar-refractivity contribution in [2.45, 2.75) is 38.8 Å². The third-order valence-electron chi connectivity index (χ3n) is 3.95. The first kappa shape index (κ1) is 18.2. The molecule has 1 heterocycles. The van der Waals surface area contributed by atoms with Gasteiger partial charge >= 0.3 is 5.97 Å². The van der Waals surface area contributed by atoms with Crippen molar-refractivity contribution in [3.8, 4) is 0 Å². The van der Waals surface area contributed by atoms with E-state index in [4.69, 9.17) is 4.74 Å². The van der Waals surface area contributed by atoms with Gasteiger partial charge in [-0.2, -0.15) is 0 Å².